The first-order valence-corrected chi connectivity index (χ1v) is 5.61. The van der Waals surface area contributed by atoms with E-state index in [1.165, 1.54) is 6.20 Å². The van der Waals surface area contributed by atoms with Crippen molar-refractivity contribution >= 4 is 0 Å². The van der Waals surface area contributed by atoms with Crippen molar-refractivity contribution in [2.45, 2.75) is 26.1 Å². The lowest BCUT2D eigenvalue weighted by Gasteiger charge is -2.06. The van der Waals surface area contributed by atoms with Crippen LogP contribution in [0, 0.1) is 0 Å². The van der Waals surface area contributed by atoms with Crippen molar-refractivity contribution in [2.24, 2.45) is 0 Å². The average Bonchev–Trinajstić information content (AvgIpc) is 2.76. The van der Waals surface area contributed by atoms with Gasteiger partial charge in [-0.25, -0.2) is 4.79 Å². The fourth-order valence-electron chi connectivity index (χ4n) is 1.61. The molecule has 0 unspecified atom stereocenters. The molecule has 8 heteroatoms. The van der Waals surface area contributed by atoms with Crippen molar-refractivity contribution in [3.8, 4) is 11.3 Å². The minimum atomic E-state index is -4.61. The van der Waals surface area contributed by atoms with E-state index in [1.54, 1.807) is 15.9 Å². The van der Waals surface area contributed by atoms with Gasteiger partial charge in [0.1, 0.15) is 5.69 Å². The molecule has 19 heavy (non-hydrogen) atoms. The van der Waals surface area contributed by atoms with Gasteiger partial charge in [-0.1, -0.05) is 6.92 Å². The Morgan fingerprint density at radius 1 is 1.42 bits per heavy atom. The maximum absolute atomic E-state index is 12.6. The van der Waals surface area contributed by atoms with E-state index in [4.69, 9.17) is 0 Å². The molecule has 0 fully saturated rings. The molecule has 0 saturated carbocycles. The quantitative estimate of drug-likeness (QED) is 0.930. The molecule has 1 N–H and O–H groups in total. The van der Waals surface area contributed by atoms with Gasteiger partial charge in [0.25, 0.3) is 0 Å². The van der Waals surface area contributed by atoms with Crippen molar-refractivity contribution < 1.29 is 13.2 Å². The topological polar surface area (TPSA) is 63.6 Å². The van der Waals surface area contributed by atoms with Crippen LogP contribution in [0.2, 0.25) is 0 Å². The summed E-state index contributed by atoms with van der Waals surface area (Å²) in [5.74, 6) is 0. The largest absolute Gasteiger partial charge is 0.431 e. The molecule has 0 amide bonds. The zero-order valence-corrected chi connectivity index (χ0v) is 10.0. The van der Waals surface area contributed by atoms with Crippen LogP contribution in [0.15, 0.2) is 23.3 Å². The SMILES string of the molecule is CCCn1cc(-c2cc(C(F)(F)F)[nH]c(=O)n2)cn1. The summed E-state index contributed by atoms with van der Waals surface area (Å²) in [4.78, 5) is 16.4. The van der Waals surface area contributed by atoms with Gasteiger partial charge >= 0.3 is 11.9 Å². The Kier molecular flexibility index (Phi) is 3.41. The Bertz CT molecular complexity index is 629. The fraction of sp³-hybridized carbons (Fsp3) is 0.364. The summed E-state index contributed by atoms with van der Waals surface area (Å²) in [5, 5.41) is 3.99. The van der Waals surface area contributed by atoms with E-state index < -0.39 is 17.6 Å². The van der Waals surface area contributed by atoms with Gasteiger partial charge in [-0.05, 0) is 12.5 Å². The molecule has 2 rings (SSSR count). The van der Waals surface area contributed by atoms with E-state index in [2.05, 4.69) is 10.1 Å². The first-order valence-electron chi connectivity index (χ1n) is 5.61. The van der Waals surface area contributed by atoms with E-state index in [0.717, 1.165) is 12.5 Å². The summed E-state index contributed by atoms with van der Waals surface area (Å²) in [6.07, 6.45) is -0.822. The Morgan fingerprint density at radius 2 is 2.16 bits per heavy atom. The van der Waals surface area contributed by atoms with E-state index in [-0.39, 0.29) is 5.69 Å². The molecule has 0 aliphatic carbocycles. The van der Waals surface area contributed by atoms with Crippen LogP contribution in [0.25, 0.3) is 11.3 Å². The van der Waals surface area contributed by atoms with E-state index in [9.17, 15) is 18.0 Å². The highest BCUT2D eigenvalue weighted by molar-refractivity contribution is 5.56. The molecular weight excluding hydrogens is 261 g/mol. The summed E-state index contributed by atoms with van der Waals surface area (Å²) >= 11 is 0. The third-order valence-corrected chi connectivity index (χ3v) is 2.43. The molecule has 2 aromatic rings. The summed E-state index contributed by atoms with van der Waals surface area (Å²) < 4.78 is 39.3. The van der Waals surface area contributed by atoms with Crippen LogP contribution in [0.1, 0.15) is 19.0 Å². The van der Waals surface area contributed by atoms with Crippen LogP contribution in [0.5, 0.6) is 0 Å². The summed E-state index contributed by atoms with van der Waals surface area (Å²) in [6.45, 7) is 2.60. The lowest BCUT2D eigenvalue weighted by molar-refractivity contribution is -0.141. The third-order valence-electron chi connectivity index (χ3n) is 2.43. The Hall–Kier alpha value is -2.12. The highest BCUT2D eigenvalue weighted by Crippen LogP contribution is 2.28. The number of nitrogens with zero attached hydrogens (tertiary/aromatic N) is 3. The second kappa shape index (κ2) is 4.87. The molecular formula is C11H11F3N4O. The molecule has 0 saturated heterocycles. The smallest absolute Gasteiger partial charge is 0.302 e. The molecule has 102 valence electrons. The second-order valence-corrected chi connectivity index (χ2v) is 3.98. The number of alkyl halides is 3. The number of nitrogens with one attached hydrogen (secondary N) is 1. The highest BCUT2D eigenvalue weighted by Gasteiger charge is 2.32. The Morgan fingerprint density at radius 3 is 2.79 bits per heavy atom. The van der Waals surface area contributed by atoms with Crippen LogP contribution in [0.3, 0.4) is 0 Å². The van der Waals surface area contributed by atoms with Crippen molar-refractivity contribution in [1.29, 1.82) is 0 Å². The van der Waals surface area contributed by atoms with Gasteiger partial charge in [-0.15, -0.1) is 0 Å². The number of halogens is 3. The van der Waals surface area contributed by atoms with Crippen LogP contribution < -0.4 is 5.69 Å². The number of rotatable bonds is 3. The van der Waals surface area contributed by atoms with Gasteiger partial charge in [0, 0.05) is 18.3 Å². The number of H-pyrrole nitrogens is 1. The average molecular weight is 272 g/mol. The third kappa shape index (κ3) is 3.01. The lowest BCUT2D eigenvalue weighted by Crippen LogP contribution is -2.19. The summed E-state index contributed by atoms with van der Waals surface area (Å²) in [6, 6.07) is 0.800. The molecule has 0 spiro atoms. The van der Waals surface area contributed by atoms with E-state index in [1.807, 2.05) is 6.92 Å². The molecule has 0 aromatic carbocycles. The zero-order chi connectivity index (χ0) is 14.0. The molecule has 0 aliphatic rings. The zero-order valence-electron chi connectivity index (χ0n) is 10.0. The summed E-state index contributed by atoms with van der Waals surface area (Å²) in [5.41, 5.74) is -1.82. The fourth-order valence-corrected chi connectivity index (χ4v) is 1.61. The lowest BCUT2D eigenvalue weighted by atomic mass is 10.2. The van der Waals surface area contributed by atoms with Crippen molar-refractivity contribution in [2.75, 3.05) is 0 Å². The monoisotopic (exact) mass is 272 g/mol. The van der Waals surface area contributed by atoms with Crippen LogP contribution in [-0.2, 0) is 12.7 Å². The van der Waals surface area contributed by atoms with Gasteiger partial charge in [-0.3, -0.25) is 4.68 Å². The number of aromatic amines is 1. The van der Waals surface area contributed by atoms with E-state index >= 15 is 0 Å². The summed E-state index contributed by atoms with van der Waals surface area (Å²) in [7, 11) is 0. The first-order chi connectivity index (χ1) is 8.90. The van der Waals surface area contributed by atoms with Crippen molar-refractivity contribution in [3.05, 3.63) is 34.6 Å². The van der Waals surface area contributed by atoms with Gasteiger partial charge in [-0.2, -0.15) is 23.3 Å². The second-order valence-electron chi connectivity index (χ2n) is 3.98. The van der Waals surface area contributed by atoms with Gasteiger partial charge in [0.15, 0.2) is 0 Å². The predicted octanol–water partition coefficient (Wildman–Crippen LogP) is 2.06. The Balaban J connectivity index is 2.44. The minimum Gasteiger partial charge on any atom is -0.302 e. The number of aryl methyl sites for hydroxylation is 1. The van der Waals surface area contributed by atoms with Crippen molar-refractivity contribution in [3.63, 3.8) is 0 Å². The molecule has 5 nitrogen and oxygen atoms in total. The number of hydrogen-bond donors (Lipinski definition) is 1. The number of hydrogen-bond acceptors (Lipinski definition) is 3. The molecule has 0 atom stereocenters. The van der Waals surface area contributed by atoms with E-state index in [0.29, 0.717) is 12.1 Å². The number of aromatic nitrogens is 4. The maximum atomic E-state index is 12.6. The molecule has 2 aromatic heterocycles. The van der Waals surface area contributed by atoms with Crippen LogP contribution in [0.4, 0.5) is 13.2 Å². The van der Waals surface area contributed by atoms with Crippen LogP contribution in [-0.4, -0.2) is 19.7 Å². The van der Waals surface area contributed by atoms with Crippen molar-refractivity contribution in [1.82, 2.24) is 19.7 Å². The molecule has 0 bridgehead atoms. The molecule has 0 aliphatic heterocycles. The normalized spacial score (nSPS) is 11.8. The first kappa shape index (κ1) is 13.3. The van der Waals surface area contributed by atoms with Gasteiger partial charge in [0.05, 0.1) is 11.9 Å². The molecule has 2 heterocycles. The standard InChI is InChI=1S/C11H11F3N4O/c1-2-3-18-6-7(5-15-18)8-4-9(11(12,13)14)17-10(19)16-8/h4-6H,2-3H2,1H3,(H,16,17,19). The van der Waals surface area contributed by atoms with Gasteiger partial charge in [0.2, 0.25) is 0 Å². The maximum Gasteiger partial charge on any atom is 0.431 e. The van der Waals surface area contributed by atoms with Crippen LogP contribution >= 0.6 is 0 Å². The Labute approximate surface area is 106 Å². The highest BCUT2D eigenvalue weighted by atomic mass is 19.4. The molecule has 0 radical (unpaired) electrons. The van der Waals surface area contributed by atoms with Gasteiger partial charge < -0.3 is 4.98 Å². The minimum absolute atomic E-state index is 0.0431. The predicted molar refractivity (Wildman–Crippen MR) is 61.4 cm³/mol.